The summed E-state index contributed by atoms with van der Waals surface area (Å²) in [5.74, 6) is 1.04. The van der Waals surface area contributed by atoms with Crippen LogP contribution in [0.1, 0.15) is 98.9 Å². The molecule has 238 valence electrons. The largest absolute Gasteiger partial charge is 0.482 e. The molecule has 2 fully saturated rings. The number of imidazole rings is 1. The van der Waals surface area contributed by atoms with Gasteiger partial charge in [0.05, 0.1) is 30.2 Å². The Labute approximate surface area is 264 Å². The number of pyridine rings is 2. The summed E-state index contributed by atoms with van der Waals surface area (Å²) in [6.07, 6.45) is 10.4. The Bertz CT molecular complexity index is 1760. The number of hydrogen-bond acceptors (Lipinski definition) is 6. The van der Waals surface area contributed by atoms with Gasteiger partial charge in [-0.15, -0.1) is 0 Å². The Balaban J connectivity index is 1.29. The maximum atomic E-state index is 13.7. The van der Waals surface area contributed by atoms with Crippen LogP contribution in [0.2, 0.25) is 0 Å². The number of nitrogens with two attached hydrogens (primary N) is 1. The predicted molar refractivity (Wildman–Crippen MR) is 174 cm³/mol. The molecule has 0 aromatic carbocycles. The second-order valence-electron chi connectivity index (χ2n) is 13.3. The lowest BCUT2D eigenvalue weighted by atomic mass is 10.1. The number of likely N-dealkylation sites (tertiary alicyclic amines) is 1. The molecule has 3 aliphatic rings. The predicted octanol–water partition coefficient (Wildman–Crippen LogP) is 5.54. The molecule has 6 heterocycles. The van der Waals surface area contributed by atoms with Crippen LogP contribution < -0.4 is 15.8 Å². The fourth-order valence-electron chi connectivity index (χ4n) is 7.87. The Morgan fingerprint density at radius 1 is 1.02 bits per heavy atom. The maximum Gasteiger partial charge on any atom is 0.254 e. The second-order valence-corrected chi connectivity index (χ2v) is 13.3. The maximum absolute atomic E-state index is 13.7. The molecule has 45 heavy (non-hydrogen) atoms. The number of amides is 2. The molecule has 4 aromatic heterocycles. The Morgan fingerprint density at radius 2 is 1.80 bits per heavy atom. The van der Waals surface area contributed by atoms with Crippen LogP contribution in [0.15, 0.2) is 30.3 Å². The number of aromatic nitrogens is 4. The number of ether oxygens (including phenoxy) is 1. The summed E-state index contributed by atoms with van der Waals surface area (Å²) in [6, 6.07) is 9.98. The normalized spacial score (nSPS) is 24.5. The zero-order valence-corrected chi connectivity index (χ0v) is 26.7. The van der Waals surface area contributed by atoms with Crippen molar-refractivity contribution in [1.29, 1.82) is 0 Å². The Hall–Kier alpha value is -3.92. The first-order valence-electron chi connectivity index (χ1n) is 16.8. The van der Waals surface area contributed by atoms with Crippen LogP contribution in [0.25, 0.3) is 28.1 Å². The molecule has 7 rings (SSSR count). The number of nitrogens with zero attached hydrogens (tertiary/aromatic N) is 5. The van der Waals surface area contributed by atoms with Crippen LogP contribution >= 0.6 is 0 Å². The monoisotopic (exact) mass is 611 g/mol. The molecule has 4 bridgehead atoms. The van der Waals surface area contributed by atoms with E-state index in [4.69, 9.17) is 20.4 Å². The van der Waals surface area contributed by atoms with E-state index in [2.05, 4.69) is 28.9 Å². The third kappa shape index (κ3) is 5.37. The molecular formula is C35H45N7O3. The Morgan fingerprint density at radius 3 is 2.53 bits per heavy atom. The number of methoxy groups -OCH3 is 1. The first-order chi connectivity index (χ1) is 21.8. The van der Waals surface area contributed by atoms with E-state index < -0.39 is 0 Å². The van der Waals surface area contributed by atoms with Crippen molar-refractivity contribution in [2.24, 2.45) is 11.7 Å². The molecule has 4 atom stereocenters. The minimum atomic E-state index is -0.181. The topological polar surface area (TPSA) is 120 Å². The lowest BCUT2D eigenvalue weighted by molar-refractivity contribution is -0.121. The van der Waals surface area contributed by atoms with Crippen molar-refractivity contribution >= 4 is 28.5 Å². The Kier molecular flexibility index (Phi) is 8.02. The highest BCUT2D eigenvalue weighted by Crippen LogP contribution is 2.38. The minimum absolute atomic E-state index is 0.00707. The molecule has 0 unspecified atom stereocenters. The van der Waals surface area contributed by atoms with Gasteiger partial charge in [-0.25, -0.2) is 9.97 Å². The summed E-state index contributed by atoms with van der Waals surface area (Å²) in [6.45, 7) is 5.59. The van der Waals surface area contributed by atoms with Gasteiger partial charge in [-0.2, -0.15) is 0 Å². The van der Waals surface area contributed by atoms with E-state index in [1.807, 2.05) is 34.4 Å². The van der Waals surface area contributed by atoms with E-state index in [-0.39, 0.29) is 29.9 Å². The first kappa shape index (κ1) is 29.8. The van der Waals surface area contributed by atoms with E-state index in [0.717, 1.165) is 78.9 Å². The van der Waals surface area contributed by atoms with Gasteiger partial charge in [-0.1, -0.05) is 32.1 Å². The molecule has 2 aliphatic heterocycles. The van der Waals surface area contributed by atoms with Crippen molar-refractivity contribution in [1.82, 2.24) is 29.2 Å². The van der Waals surface area contributed by atoms with Crippen molar-refractivity contribution < 1.29 is 14.3 Å². The highest BCUT2D eigenvalue weighted by atomic mass is 16.5. The average molecular weight is 612 g/mol. The number of aryl methyl sites for hydroxylation is 2. The second kappa shape index (κ2) is 12.1. The number of hydrogen-bond donors (Lipinski definition) is 2. The van der Waals surface area contributed by atoms with Gasteiger partial charge in [0.1, 0.15) is 17.0 Å². The summed E-state index contributed by atoms with van der Waals surface area (Å²) in [5, 5.41) is 4.18. The third-order valence-corrected chi connectivity index (χ3v) is 10.4. The number of carbonyl (C=O) groups excluding carboxylic acids is 2. The van der Waals surface area contributed by atoms with Gasteiger partial charge >= 0.3 is 0 Å². The molecule has 0 radical (unpaired) electrons. The van der Waals surface area contributed by atoms with E-state index in [1.54, 1.807) is 7.11 Å². The van der Waals surface area contributed by atoms with Crippen molar-refractivity contribution in [3.8, 4) is 17.3 Å². The van der Waals surface area contributed by atoms with Gasteiger partial charge in [-0.05, 0) is 69.7 Å². The van der Waals surface area contributed by atoms with E-state index in [0.29, 0.717) is 36.0 Å². The highest BCUT2D eigenvalue weighted by molar-refractivity contribution is 5.96. The third-order valence-electron chi connectivity index (χ3n) is 10.4. The van der Waals surface area contributed by atoms with Gasteiger partial charge in [0, 0.05) is 48.6 Å². The molecule has 10 nitrogen and oxygen atoms in total. The van der Waals surface area contributed by atoms with Crippen molar-refractivity contribution in [2.45, 2.75) is 103 Å². The summed E-state index contributed by atoms with van der Waals surface area (Å²) >= 11 is 0. The van der Waals surface area contributed by atoms with Gasteiger partial charge in [0.15, 0.2) is 5.88 Å². The van der Waals surface area contributed by atoms with E-state index >= 15 is 0 Å². The lowest BCUT2D eigenvalue weighted by Crippen LogP contribution is -2.41. The van der Waals surface area contributed by atoms with Crippen LogP contribution in [0.4, 0.5) is 0 Å². The van der Waals surface area contributed by atoms with Crippen LogP contribution in [0.3, 0.4) is 0 Å². The van der Waals surface area contributed by atoms with Crippen LogP contribution in [-0.2, 0) is 11.3 Å². The van der Waals surface area contributed by atoms with E-state index in [9.17, 15) is 9.59 Å². The molecule has 1 saturated carbocycles. The van der Waals surface area contributed by atoms with Crippen molar-refractivity contribution in [3.05, 3.63) is 47.3 Å². The molecule has 2 amide bonds. The fourth-order valence-corrected chi connectivity index (χ4v) is 7.87. The summed E-state index contributed by atoms with van der Waals surface area (Å²) in [4.78, 5) is 38.5. The molecule has 1 aliphatic carbocycles. The number of carbonyl (C=O) groups is 2. The number of fused-ring (bicyclic) bond motifs is 4. The first-order valence-corrected chi connectivity index (χ1v) is 16.8. The molecule has 0 spiro atoms. The molecular weight excluding hydrogens is 566 g/mol. The van der Waals surface area contributed by atoms with E-state index in [1.165, 1.54) is 19.3 Å². The van der Waals surface area contributed by atoms with Gasteiger partial charge in [0.25, 0.3) is 5.91 Å². The number of piperidine rings is 1. The molecule has 1 saturated heterocycles. The van der Waals surface area contributed by atoms with Crippen molar-refractivity contribution in [3.63, 3.8) is 0 Å². The average Bonchev–Trinajstić information content (AvgIpc) is 3.77. The lowest BCUT2D eigenvalue weighted by Gasteiger charge is -2.27. The number of rotatable bonds is 3. The van der Waals surface area contributed by atoms with Crippen LogP contribution in [0, 0.1) is 12.8 Å². The highest BCUT2D eigenvalue weighted by Gasteiger charge is 2.47. The van der Waals surface area contributed by atoms with Gasteiger partial charge < -0.3 is 25.3 Å². The van der Waals surface area contributed by atoms with Gasteiger partial charge in [-0.3, -0.25) is 14.0 Å². The summed E-state index contributed by atoms with van der Waals surface area (Å²) in [7, 11) is 1.64. The SMILES string of the molecule is COc1cc(C(=O)N2C[C@H]3CC[C@@H]2[C@@H]3N)cc2nc(-c3cc4ccc5nc4n3CCCCCCCCCC(=O)N[C@@H]5C)c(C)n12. The summed E-state index contributed by atoms with van der Waals surface area (Å²) < 4.78 is 10.1. The van der Waals surface area contributed by atoms with Gasteiger partial charge in [0.2, 0.25) is 5.91 Å². The fraction of sp³-hybridized carbons (Fsp3) is 0.543. The zero-order chi connectivity index (χ0) is 31.2. The van der Waals surface area contributed by atoms with Crippen molar-refractivity contribution in [2.75, 3.05) is 13.7 Å². The summed E-state index contributed by atoms with van der Waals surface area (Å²) in [5.41, 5.74) is 12.2. The molecule has 10 heteroatoms. The van der Waals surface area contributed by atoms with Crippen LogP contribution in [-0.4, -0.2) is 61.4 Å². The number of nitrogens with one attached hydrogen (secondary N) is 1. The quantitative estimate of drug-likeness (QED) is 0.314. The zero-order valence-electron chi connectivity index (χ0n) is 26.7. The van der Waals surface area contributed by atoms with Crippen LogP contribution in [0.5, 0.6) is 5.88 Å². The molecule has 4 aromatic rings. The molecule has 3 N–H and O–H groups in total. The minimum Gasteiger partial charge on any atom is -0.482 e. The smallest absolute Gasteiger partial charge is 0.254 e. The standard InChI is InChI=1S/C35H45N7O3/c1-21-26-14-12-23-17-28(40(34(23)38-26)16-10-8-6-4-5-7-9-11-30(43)37-21)33-22(2)42-29(39-33)18-25(19-31(42)45-3)35(44)41-20-24-13-15-27(41)32(24)36/h12,14,17-19,21,24,27,32H,4-11,13,15-16,20,36H2,1-3H3,(H,37,43)/t21-,24-,27-,32-/m1/s1.